The summed E-state index contributed by atoms with van der Waals surface area (Å²) in [5, 5.41) is 10.5. The van der Waals surface area contributed by atoms with Crippen molar-refractivity contribution in [2.75, 3.05) is 14.1 Å². The topological polar surface area (TPSA) is 43.4 Å². The molecule has 0 bridgehead atoms. The highest BCUT2D eigenvalue weighted by Crippen LogP contribution is 2.20. The number of nitrogens with zero attached hydrogens (tertiary/aromatic N) is 1. The van der Waals surface area contributed by atoms with Gasteiger partial charge in [0.2, 0.25) is 0 Å². The minimum atomic E-state index is -1.02. The van der Waals surface area contributed by atoms with Gasteiger partial charge in [0, 0.05) is 18.4 Å². The van der Waals surface area contributed by atoms with Gasteiger partial charge in [-0.3, -0.25) is 0 Å². The van der Waals surface area contributed by atoms with E-state index in [1.165, 1.54) is 0 Å². The molecule has 0 radical (unpaired) electrons. The number of carboxylic acids is 1. The number of hydrogen-bond donors (Lipinski definition) is 0. The zero-order valence-electron chi connectivity index (χ0n) is 8.43. The molecule has 1 atom stereocenters. The molecule has 0 N–H and O–H groups in total. The lowest BCUT2D eigenvalue weighted by atomic mass is 10.0. The van der Waals surface area contributed by atoms with E-state index >= 15 is 0 Å². The summed E-state index contributed by atoms with van der Waals surface area (Å²) in [6, 6.07) is 9.46. The van der Waals surface area contributed by atoms with E-state index in [9.17, 15) is 9.90 Å². The number of carbonyl (C=O) groups is 1. The summed E-state index contributed by atoms with van der Waals surface area (Å²) >= 11 is 0. The summed E-state index contributed by atoms with van der Waals surface area (Å²) in [6.07, 6.45) is 0.0248. The molecule has 0 spiro atoms. The molecule has 0 saturated heterocycles. The highest BCUT2D eigenvalue weighted by atomic mass is 16.4. The smallest absolute Gasteiger partial charge is 0.0433 e. The van der Waals surface area contributed by atoms with Crippen molar-refractivity contribution >= 4 is 5.97 Å². The van der Waals surface area contributed by atoms with E-state index in [2.05, 4.69) is 0 Å². The van der Waals surface area contributed by atoms with Gasteiger partial charge in [0.15, 0.2) is 0 Å². The third-order valence-electron chi connectivity index (χ3n) is 2.17. The molecular formula is C11H14NO2-. The first-order valence-corrected chi connectivity index (χ1v) is 4.52. The summed E-state index contributed by atoms with van der Waals surface area (Å²) in [7, 11) is 3.72. The molecule has 14 heavy (non-hydrogen) atoms. The van der Waals surface area contributed by atoms with Crippen LogP contribution in [0.1, 0.15) is 18.0 Å². The largest absolute Gasteiger partial charge is 0.550 e. The minimum absolute atomic E-state index is 0.0248. The van der Waals surface area contributed by atoms with E-state index in [1.807, 2.05) is 49.3 Å². The molecule has 1 aromatic carbocycles. The molecule has 0 saturated carbocycles. The highest BCUT2D eigenvalue weighted by molar-refractivity contribution is 5.65. The zero-order chi connectivity index (χ0) is 10.6. The highest BCUT2D eigenvalue weighted by Gasteiger charge is 2.13. The maximum atomic E-state index is 10.5. The van der Waals surface area contributed by atoms with Gasteiger partial charge in [-0.25, -0.2) is 0 Å². The Morgan fingerprint density at radius 2 is 1.93 bits per heavy atom. The second-order valence-electron chi connectivity index (χ2n) is 3.47. The third kappa shape index (κ3) is 2.85. The molecule has 3 heteroatoms. The SMILES string of the molecule is CN(C)C(CC(=O)[O-])c1ccccc1. The predicted octanol–water partition coefficient (Wildman–Crippen LogP) is 0.429. The van der Waals surface area contributed by atoms with E-state index in [-0.39, 0.29) is 12.5 Å². The monoisotopic (exact) mass is 192 g/mol. The van der Waals surface area contributed by atoms with Gasteiger partial charge in [0.05, 0.1) is 0 Å². The number of carbonyl (C=O) groups excluding carboxylic acids is 1. The Morgan fingerprint density at radius 3 is 2.36 bits per heavy atom. The molecule has 0 aromatic heterocycles. The number of benzene rings is 1. The first-order chi connectivity index (χ1) is 6.61. The molecule has 0 aliphatic heterocycles. The number of hydrogen-bond acceptors (Lipinski definition) is 3. The fraction of sp³-hybridized carbons (Fsp3) is 0.364. The van der Waals surface area contributed by atoms with Crippen molar-refractivity contribution in [3.8, 4) is 0 Å². The Morgan fingerprint density at radius 1 is 1.36 bits per heavy atom. The molecule has 1 aromatic rings. The van der Waals surface area contributed by atoms with Crippen LogP contribution in [-0.2, 0) is 4.79 Å². The Balaban J connectivity index is 2.83. The maximum Gasteiger partial charge on any atom is 0.0433 e. The molecule has 3 nitrogen and oxygen atoms in total. The van der Waals surface area contributed by atoms with E-state index in [0.717, 1.165) is 5.56 Å². The van der Waals surface area contributed by atoms with Gasteiger partial charge in [0.25, 0.3) is 0 Å². The number of carboxylic acid groups (broad SMARTS) is 1. The summed E-state index contributed by atoms with van der Waals surface area (Å²) in [5.74, 6) is -1.02. The van der Waals surface area contributed by atoms with E-state index in [4.69, 9.17) is 0 Å². The van der Waals surface area contributed by atoms with Crippen LogP contribution in [0, 0.1) is 0 Å². The molecule has 0 amide bonds. The first kappa shape index (κ1) is 10.7. The molecule has 0 aliphatic rings. The van der Waals surface area contributed by atoms with Crippen molar-refractivity contribution in [2.24, 2.45) is 0 Å². The van der Waals surface area contributed by atoms with Crippen LogP contribution in [0.3, 0.4) is 0 Å². The van der Waals surface area contributed by atoms with Gasteiger partial charge < -0.3 is 14.8 Å². The fourth-order valence-electron chi connectivity index (χ4n) is 1.43. The van der Waals surface area contributed by atoms with Crippen LogP contribution < -0.4 is 5.11 Å². The van der Waals surface area contributed by atoms with E-state index < -0.39 is 5.97 Å². The molecule has 1 rings (SSSR count). The van der Waals surface area contributed by atoms with Gasteiger partial charge in [-0.15, -0.1) is 0 Å². The molecular weight excluding hydrogens is 178 g/mol. The van der Waals surface area contributed by atoms with Crippen LogP contribution in [0.5, 0.6) is 0 Å². The molecule has 76 valence electrons. The van der Waals surface area contributed by atoms with Crippen LogP contribution in [0.2, 0.25) is 0 Å². The van der Waals surface area contributed by atoms with Crippen molar-refractivity contribution in [3.63, 3.8) is 0 Å². The lowest BCUT2D eigenvalue weighted by molar-refractivity contribution is -0.306. The van der Waals surface area contributed by atoms with E-state index in [0.29, 0.717) is 0 Å². The van der Waals surface area contributed by atoms with Gasteiger partial charge in [-0.05, 0) is 19.7 Å². The van der Waals surface area contributed by atoms with Gasteiger partial charge in [0.1, 0.15) is 0 Å². The Labute approximate surface area is 84.0 Å². The lowest BCUT2D eigenvalue weighted by Gasteiger charge is -2.25. The normalized spacial score (nSPS) is 12.8. The lowest BCUT2D eigenvalue weighted by Crippen LogP contribution is -2.30. The molecule has 1 unspecified atom stereocenters. The summed E-state index contributed by atoms with van der Waals surface area (Å²) in [4.78, 5) is 12.4. The first-order valence-electron chi connectivity index (χ1n) is 4.52. The average Bonchev–Trinajstić information content (AvgIpc) is 2.15. The number of aliphatic carboxylic acids is 1. The number of rotatable bonds is 4. The minimum Gasteiger partial charge on any atom is -0.550 e. The van der Waals surface area contributed by atoms with Crippen molar-refractivity contribution < 1.29 is 9.90 Å². The Bertz CT molecular complexity index is 295. The van der Waals surface area contributed by atoms with Crippen molar-refractivity contribution in [1.82, 2.24) is 4.90 Å². The van der Waals surface area contributed by atoms with Crippen molar-refractivity contribution in [2.45, 2.75) is 12.5 Å². The van der Waals surface area contributed by atoms with Crippen molar-refractivity contribution in [1.29, 1.82) is 0 Å². The predicted molar refractivity (Wildman–Crippen MR) is 52.5 cm³/mol. The third-order valence-corrected chi connectivity index (χ3v) is 2.17. The van der Waals surface area contributed by atoms with Crippen molar-refractivity contribution in [3.05, 3.63) is 35.9 Å². The van der Waals surface area contributed by atoms with Crippen LogP contribution in [-0.4, -0.2) is 25.0 Å². The second kappa shape index (κ2) is 4.77. The van der Waals surface area contributed by atoms with Crippen LogP contribution in [0.25, 0.3) is 0 Å². The van der Waals surface area contributed by atoms with Crippen LogP contribution in [0.4, 0.5) is 0 Å². The second-order valence-corrected chi connectivity index (χ2v) is 3.47. The molecule has 0 fully saturated rings. The summed E-state index contributed by atoms with van der Waals surface area (Å²) in [6.45, 7) is 0. The maximum absolute atomic E-state index is 10.5. The van der Waals surface area contributed by atoms with Crippen LogP contribution in [0.15, 0.2) is 30.3 Å². The fourth-order valence-corrected chi connectivity index (χ4v) is 1.43. The quantitative estimate of drug-likeness (QED) is 0.694. The van der Waals surface area contributed by atoms with Gasteiger partial charge >= 0.3 is 0 Å². The standard InChI is InChI=1S/C11H15NO2/c1-12(2)10(8-11(13)14)9-6-4-3-5-7-9/h3-7,10H,8H2,1-2H3,(H,13,14)/p-1. The summed E-state index contributed by atoms with van der Waals surface area (Å²) in [5.41, 5.74) is 1.00. The van der Waals surface area contributed by atoms with Gasteiger partial charge in [-0.2, -0.15) is 0 Å². The van der Waals surface area contributed by atoms with Gasteiger partial charge in [-0.1, -0.05) is 30.3 Å². The summed E-state index contributed by atoms with van der Waals surface area (Å²) < 4.78 is 0. The Hall–Kier alpha value is -1.35. The molecule has 0 aliphatic carbocycles. The Kier molecular flexibility index (Phi) is 3.65. The zero-order valence-corrected chi connectivity index (χ0v) is 8.43. The van der Waals surface area contributed by atoms with Crippen LogP contribution >= 0.6 is 0 Å². The van der Waals surface area contributed by atoms with E-state index in [1.54, 1.807) is 0 Å². The molecule has 0 heterocycles. The average molecular weight is 192 g/mol.